The number of carbonyl (C=O) groups excluding carboxylic acids is 1. The zero-order chi connectivity index (χ0) is 23.4. The summed E-state index contributed by atoms with van der Waals surface area (Å²) in [5.41, 5.74) is 2.04. The molecule has 0 aliphatic carbocycles. The number of thioether (sulfide) groups is 1. The van der Waals surface area contributed by atoms with Gasteiger partial charge in [0.25, 0.3) is 0 Å². The highest BCUT2D eigenvalue weighted by molar-refractivity contribution is 8.00. The van der Waals surface area contributed by atoms with Crippen molar-refractivity contribution in [2.45, 2.75) is 37.2 Å². The molecular formula is C23H21F2N5OS2. The van der Waals surface area contributed by atoms with Crippen LogP contribution in [0, 0.1) is 11.6 Å². The number of hydrogen-bond donors (Lipinski definition) is 1. The minimum absolute atomic E-state index is 0.235. The quantitative estimate of drug-likeness (QED) is 0.338. The molecule has 4 rings (SSSR count). The van der Waals surface area contributed by atoms with Crippen molar-refractivity contribution >= 4 is 34.1 Å². The summed E-state index contributed by atoms with van der Waals surface area (Å²) in [6, 6.07) is 13.6. The molecule has 0 saturated carbocycles. The average Bonchev–Trinajstić information content (AvgIpc) is 3.43. The summed E-state index contributed by atoms with van der Waals surface area (Å²) in [5.74, 6) is -1.25. The molecule has 6 nitrogen and oxygen atoms in total. The van der Waals surface area contributed by atoms with Gasteiger partial charge in [-0.2, -0.15) is 0 Å². The van der Waals surface area contributed by atoms with Crippen LogP contribution in [0.5, 0.6) is 0 Å². The molecule has 2 aromatic carbocycles. The largest absolute Gasteiger partial charge is 0.306 e. The first-order valence-corrected chi connectivity index (χ1v) is 12.0. The molecule has 170 valence electrons. The highest BCUT2D eigenvalue weighted by atomic mass is 32.2. The van der Waals surface area contributed by atoms with Crippen LogP contribution in [-0.4, -0.2) is 30.9 Å². The fourth-order valence-corrected chi connectivity index (χ4v) is 4.83. The molecule has 2 aromatic heterocycles. The van der Waals surface area contributed by atoms with Crippen molar-refractivity contribution in [3.63, 3.8) is 0 Å². The highest BCUT2D eigenvalue weighted by Crippen LogP contribution is 2.28. The topological polar surface area (TPSA) is 72.7 Å². The van der Waals surface area contributed by atoms with Crippen LogP contribution in [0.3, 0.4) is 0 Å². The molecule has 2 heterocycles. The molecule has 0 aliphatic heterocycles. The monoisotopic (exact) mass is 485 g/mol. The second-order valence-electron chi connectivity index (χ2n) is 7.22. The van der Waals surface area contributed by atoms with Crippen molar-refractivity contribution < 1.29 is 13.6 Å². The number of benzene rings is 2. The number of hydrogen-bond acceptors (Lipinski definition) is 6. The number of rotatable bonds is 8. The van der Waals surface area contributed by atoms with E-state index in [9.17, 15) is 13.6 Å². The predicted octanol–water partition coefficient (Wildman–Crippen LogP) is 5.41. The standard InChI is InChI=1S/C23H21F2N5OS2/c1-3-30-20(11-15-7-5-4-6-8-15)28-29-23(30)33-14(2)21(31)27-22-26-19(13-32-22)16-9-10-17(24)18(25)12-16/h4-10,12-14H,3,11H2,1-2H3,(H,26,27,31). The number of halogens is 2. The van der Waals surface area contributed by atoms with Crippen molar-refractivity contribution in [2.75, 3.05) is 5.32 Å². The zero-order valence-electron chi connectivity index (χ0n) is 18.0. The maximum atomic E-state index is 13.5. The van der Waals surface area contributed by atoms with Gasteiger partial charge in [0.05, 0.1) is 10.9 Å². The number of nitrogens with zero attached hydrogens (tertiary/aromatic N) is 4. The van der Waals surface area contributed by atoms with Crippen LogP contribution in [0.25, 0.3) is 11.3 Å². The molecule has 0 spiro atoms. The second kappa shape index (κ2) is 10.2. The van der Waals surface area contributed by atoms with Crippen LogP contribution in [0.1, 0.15) is 25.2 Å². The summed E-state index contributed by atoms with van der Waals surface area (Å²) in [7, 11) is 0. The third-order valence-electron chi connectivity index (χ3n) is 4.92. The van der Waals surface area contributed by atoms with Crippen molar-refractivity contribution in [3.05, 3.63) is 76.9 Å². The van der Waals surface area contributed by atoms with Gasteiger partial charge in [0.2, 0.25) is 5.91 Å². The molecule has 10 heteroatoms. The minimum Gasteiger partial charge on any atom is -0.306 e. The Balaban J connectivity index is 1.41. The molecule has 0 bridgehead atoms. The summed E-state index contributed by atoms with van der Waals surface area (Å²) in [4.78, 5) is 17.0. The molecular weight excluding hydrogens is 464 g/mol. The first-order chi connectivity index (χ1) is 15.9. The van der Waals surface area contributed by atoms with E-state index in [1.54, 1.807) is 12.3 Å². The van der Waals surface area contributed by atoms with Crippen LogP contribution in [0.15, 0.2) is 59.1 Å². The Labute approximate surface area is 198 Å². The van der Waals surface area contributed by atoms with Crippen LogP contribution in [0.2, 0.25) is 0 Å². The molecule has 1 unspecified atom stereocenters. The lowest BCUT2D eigenvalue weighted by molar-refractivity contribution is -0.115. The van der Waals surface area contributed by atoms with E-state index >= 15 is 0 Å². The molecule has 1 N–H and O–H groups in total. The Morgan fingerprint density at radius 2 is 1.94 bits per heavy atom. The van der Waals surface area contributed by atoms with Crippen LogP contribution < -0.4 is 5.32 Å². The SMILES string of the molecule is CCn1c(Cc2ccccc2)nnc1SC(C)C(=O)Nc1nc(-c2ccc(F)c(F)c2)cs1. The molecule has 0 fully saturated rings. The second-order valence-corrected chi connectivity index (χ2v) is 9.39. The molecule has 4 aromatic rings. The number of carbonyl (C=O) groups is 1. The molecule has 0 saturated heterocycles. The maximum absolute atomic E-state index is 13.5. The Hall–Kier alpha value is -3.11. The van der Waals surface area contributed by atoms with Crippen LogP contribution in [0.4, 0.5) is 13.9 Å². The van der Waals surface area contributed by atoms with Gasteiger partial charge in [0.15, 0.2) is 21.9 Å². The van der Waals surface area contributed by atoms with Crippen LogP contribution >= 0.6 is 23.1 Å². The van der Waals surface area contributed by atoms with Gasteiger partial charge in [-0.25, -0.2) is 13.8 Å². The lowest BCUT2D eigenvalue weighted by atomic mass is 10.1. The summed E-state index contributed by atoms with van der Waals surface area (Å²) >= 11 is 2.54. The summed E-state index contributed by atoms with van der Waals surface area (Å²) in [6.07, 6.45) is 0.661. The van der Waals surface area contributed by atoms with E-state index in [0.29, 0.717) is 34.5 Å². The van der Waals surface area contributed by atoms with Gasteiger partial charge < -0.3 is 9.88 Å². The Bertz CT molecular complexity index is 1260. The van der Waals surface area contributed by atoms with Gasteiger partial charge in [-0.05, 0) is 37.6 Å². The summed E-state index contributed by atoms with van der Waals surface area (Å²) < 4.78 is 28.7. The molecule has 0 radical (unpaired) electrons. The van der Waals surface area contributed by atoms with Crippen molar-refractivity contribution in [3.8, 4) is 11.3 Å². The first kappa shape index (κ1) is 23.1. The van der Waals surface area contributed by atoms with Crippen molar-refractivity contribution in [1.82, 2.24) is 19.7 Å². The third kappa shape index (κ3) is 5.45. The van der Waals surface area contributed by atoms with Gasteiger partial charge in [-0.3, -0.25) is 4.79 Å². The van der Waals surface area contributed by atoms with Crippen molar-refractivity contribution in [1.29, 1.82) is 0 Å². The van der Waals surface area contributed by atoms with E-state index in [0.717, 1.165) is 23.5 Å². The number of nitrogens with one attached hydrogen (secondary N) is 1. The van der Waals surface area contributed by atoms with E-state index in [2.05, 4.69) is 20.5 Å². The highest BCUT2D eigenvalue weighted by Gasteiger charge is 2.21. The molecule has 1 atom stereocenters. The number of amides is 1. The maximum Gasteiger partial charge on any atom is 0.239 e. The smallest absolute Gasteiger partial charge is 0.239 e. The minimum atomic E-state index is -0.942. The fourth-order valence-electron chi connectivity index (χ4n) is 3.17. The normalized spacial score (nSPS) is 12.0. The number of aromatic nitrogens is 4. The van der Waals surface area contributed by atoms with E-state index in [-0.39, 0.29) is 5.91 Å². The van der Waals surface area contributed by atoms with E-state index < -0.39 is 16.9 Å². The lowest BCUT2D eigenvalue weighted by Crippen LogP contribution is -2.23. The van der Waals surface area contributed by atoms with Gasteiger partial charge in [0.1, 0.15) is 5.82 Å². The number of thiazole rings is 1. The predicted molar refractivity (Wildman–Crippen MR) is 126 cm³/mol. The van der Waals surface area contributed by atoms with Crippen molar-refractivity contribution in [2.24, 2.45) is 0 Å². The summed E-state index contributed by atoms with van der Waals surface area (Å²) in [5, 5.41) is 13.7. The summed E-state index contributed by atoms with van der Waals surface area (Å²) in [6.45, 7) is 4.49. The van der Waals surface area contributed by atoms with E-state index in [1.807, 2.05) is 41.8 Å². The Kier molecular flexibility index (Phi) is 7.14. The molecule has 1 amide bonds. The van der Waals surface area contributed by atoms with Gasteiger partial charge in [-0.15, -0.1) is 21.5 Å². The Morgan fingerprint density at radius 1 is 1.15 bits per heavy atom. The fraction of sp³-hybridized carbons (Fsp3) is 0.217. The number of anilines is 1. The lowest BCUT2D eigenvalue weighted by Gasteiger charge is -2.11. The van der Waals surface area contributed by atoms with Gasteiger partial charge in [-0.1, -0.05) is 42.1 Å². The first-order valence-electron chi connectivity index (χ1n) is 10.3. The van der Waals surface area contributed by atoms with Gasteiger partial charge >= 0.3 is 0 Å². The molecule has 33 heavy (non-hydrogen) atoms. The van der Waals surface area contributed by atoms with Crippen LogP contribution in [-0.2, 0) is 17.8 Å². The average molecular weight is 486 g/mol. The zero-order valence-corrected chi connectivity index (χ0v) is 19.6. The van der Waals surface area contributed by atoms with E-state index in [4.69, 9.17) is 0 Å². The van der Waals surface area contributed by atoms with E-state index in [1.165, 1.54) is 29.2 Å². The Morgan fingerprint density at radius 3 is 2.67 bits per heavy atom. The third-order valence-corrected chi connectivity index (χ3v) is 6.75. The van der Waals surface area contributed by atoms with Gasteiger partial charge in [0, 0.05) is 23.9 Å². The molecule has 0 aliphatic rings.